The molecule has 0 amide bonds. The number of rotatable bonds is 6. The smallest absolute Gasteiger partial charge is 0.190 e. The van der Waals surface area contributed by atoms with Crippen LogP contribution in [0.15, 0.2) is 29.3 Å². The first-order chi connectivity index (χ1) is 10.3. The fourth-order valence-electron chi connectivity index (χ4n) is 2.72. The molecule has 0 radical (unpaired) electrons. The van der Waals surface area contributed by atoms with Crippen molar-refractivity contribution in [3.05, 3.63) is 35.4 Å². The lowest BCUT2D eigenvalue weighted by Crippen LogP contribution is -2.39. The van der Waals surface area contributed by atoms with Gasteiger partial charge in [0.1, 0.15) is 0 Å². The lowest BCUT2D eigenvalue weighted by Gasteiger charge is -2.28. The van der Waals surface area contributed by atoms with Crippen LogP contribution in [-0.2, 0) is 13.0 Å². The Bertz CT molecular complexity index is 456. The SMILES string of the molecule is CCCNC(=NC)NCCCN1CCc2ccccc2C1. The minimum absolute atomic E-state index is 0.917. The topological polar surface area (TPSA) is 39.7 Å². The Kier molecular flexibility index (Phi) is 6.54. The molecule has 0 spiro atoms. The van der Waals surface area contributed by atoms with E-state index in [2.05, 4.69) is 51.7 Å². The number of nitrogens with one attached hydrogen (secondary N) is 2. The number of nitrogens with zero attached hydrogens (tertiary/aromatic N) is 2. The van der Waals surface area contributed by atoms with Gasteiger partial charge >= 0.3 is 0 Å². The van der Waals surface area contributed by atoms with Crippen LogP contribution in [0.3, 0.4) is 0 Å². The Hall–Kier alpha value is -1.55. The van der Waals surface area contributed by atoms with Gasteiger partial charge in [-0.1, -0.05) is 31.2 Å². The van der Waals surface area contributed by atoms with Crippen LogP contribution in [0.2, 0.25) is 0 Å². The maximum Gasteiger partial charge on any atom is 0.190 e. The van der Waals surface area contributed by atoms with Crippen LogP contribution in [0.5, 0.6) is 0 Å². The summed E-state index contributed by atoms with van der Waals surface area (Å²) in [6.07, 6.45) is 3.45. The average Bonchev–Trinajstić information content (AvgIpc) is 2.54. The van der Waals surface area contributed by atoms with Gasteiger partial charge in [-0.3, -0.25) is 9.89 Å². The third-order valence-corrected chi connectivity index (χ3v) is 3.92. The van der Waals surface area contributed by atoms with Crippen LogP contribution in [0.25, 0.3) is 0 Å². The molecule has 0 unspecified atom stereocenters. The molecule has 4 nitrogen and oxygen atoms in total. The van der Waals surface area contributed by atoms with Crippen molar-refractivity contribution in [1.82, 2.24) is 15.5 Å². The van der Waals surface area contributed by atoms with Crippen molar-refractivity contribution in [3.8, 4) is 0 Å². The maximum absolute atomic E-state index is 4.22. The van der Waals surface area contributed by atoms with Gasteiger partial charge in [-0.05, 0) is 30.4 Å². The molecule has 0 aromatic heterocycles. The first-order valence-electron chi connectivity index (χ1n) is 8.07. The second-order valence-corrected chi connectivity index (χ2v) is 5.57. The van der Waals surface area contributed by atoms with Gasteiger partial charge in [0.15, 0.2) is 5.96 Å². The highest BCUT2D eigenvalue weighted by atomic mass is 15.2. The minimum Gasteiger partial charge on any atom is -0.356 e. The van der Waals surface area contributed by atoms with E-state index in [1.165, 1.54) is 24.1 Å². The van der Waals surface area contributed by atoms with Crippen molar-refractivity contribution in [2.45, 2.75) is 32.7 Å². The minimum atomic E-state index is 0.917. The Morgan fingerprint density at radius 2 is 1.95 bits per heavy atom. The van der Waals surface area contributed by atoms with E-state index in [4.69, 9.17) is 0 Å². The van der Waals surface area contributed by atoms with E-state index in [0.29, 0.717) is 0 Å². The Morgan fingerprint density at radius 1 is 1.19 bits per heavy atom. The fourth-order valence-corrected chi connectivity index (χ4v) is 2.72. The van der Waals surface area contributed by atoms with Crippen LogP contribution >= 0.6 is 0 Å². The summed E-state index contributed by atoms with van der Waals surface area (Å²) in [5.41, 5.74) is 3.02. The number of aliphatic imine (C=N–C) groups is 1. The molecule has 0 saturated carbocycles. The van der Waals surface area contributed by atoms with E-state index >= 15 is 0 Å². The molecule has 0 atom stereocenters. The van der Waals surface area contributed by atoms with Crippen molar-refractivity contribution in [2.24, 2.45) is 4.99 Å². The normalized spacial score (nSPS) is 15.6. The molecule has 0 bridgehead atoms. The third-order valence-electron chi connectivity index (χ3n) is 3.92. The standard InChI is InChI=1S/C17H28N4/c1-3-10-19-17(18-2)20-11-6-12-21-13-9-15-7-4-5-8-16(15)14-21/h4-5,7-8H,3,6,9-14H2,1-2H3,(H2,18,19,20). The van der Waals surface area contributed by atoms with Crippen molar-refractivity contribution in [2.75, 3.05) is 33.2 Å². The van der Waals surface area contributed by atoms with Gasteiger partial charge in [0.25, 0.3) is 0 Å². The first-order valence-corrected chi connectivity index (χ1v) is 8.07. The van der Waals surface area contributed by atoms with Crippen LogP contribution in [0.4, 0.5) is 0 Å². The van der Waals surface area contributed by atoms with Crippen LogP contribution < -0.4 is 10.6 Å². The molecular weight excluding hydrogens is 260 g/mol. The number of guanidine groups is 1. The summed E-state index contributed by atoms with van der Waals surface area (Å²) in [4.78, 5) is 6.77. The number of benzene rings is 1. The van der Waals surface area contributed by atoms with Crippen molar-refractivity contribution in [1.29, 1.82) is 0 Å². The predicted molar refractivity (Wildman–Crippen MR) is 89.7 cm³/mol. The van der Waals surface area contributed by atoms with Crippen molar-refractivity contribution in [3.63, 3.8) is 0 Å². The zero-order chi connectivity index (χ0) is 14.9. The molecule has 2 N–H and O–H groups in total. The Labute approximate surface area is 128 Å². The monoisotopic (exact) mass is 288 g/mol. The third kappa shape index (κ3) is 5.05. The summed E-state index contributed by atoms with van der Waals surface area (Å²) in [5.74, 6) is 0.917. The van der Waals surface area contributed by atoms with Crippen molar-refractivity contribution >= 4 is 5.96 Å². The molecule has 1 aromatic carbocycles. The second-order valence-electron chi connectivity index (χ2n) is 5.57. The zero-order valence-corrected chi connectivity index (χ0v) is 13.4. The Balaban J connectivity index is 1.66. The summed E-state index contributed by atoms with van der Waals surface area (Å²) in [5, 5.41) is 6.67. The van der Waals surface area contributed by atoms with Gasteiger partial charge in [0.05, 0.1) is 0 Å². The largest absolute Gasteiger partial charge is 0.356 e. The summed E-state index contributed by atoms with van der Waals surface area (Å²) >= 11 is 0. The van der Waals surface area contributed by atoms with Crippen molar-refractivity contribution < 1.29 is 0 Å². The molecule has 0 saturated heterocycles. The van der Waals surface area contributed by atoms with E-state index in [9.17, 15) is 0 Å². The average molecular weight is 288 g/mol. The number of hydrogen-bond donors (Lipinski definition) is 2. The number of fused-ring (bicyclic) bond motifs is 1. The quantitative estimate of drug-likeness (QED) is 0.478. The summed E-state index contributed by atoms with van der Waals surface area (Å²) in [6, 6.07) is 8.81. The first kappa shape index (κ1) is 15.8. The van der Waals surface area contributed by atoms with Gasteiger partial charge in [-0.15, -0.1) is 0 Å². The maximum atomic E-state index is 4.22. The molecule has 0 aliphatic carbocycles. The van der Waals surface area contributed by atoms with Gasteiger partial charge in [0, 0.05) is 39.8 Å². The van der Waals surface area contributed by atoms with Gasteiger partial charge < -0.3 is 10.6 Å². The van der Waals surface area contributed by atoms with Gasteiger partial charge in [-0.2, -0.15) is 0 Å². The zero-order valence-electron chi connectivity index (χ0n) is 13.4. The summed E-state index contributed by atoms with van der Waals surface area (Å²) in [6.45, 7) is 7.53. The molecule has 1 aliphatic rings. The van der Waals surface area contributed by atoms with Gasteiger partial charge in [-0.25, -0.2) is 0 Å². The van der Waals surface area contributed by atoms with E-state index in [0.717, 1.165) is 45.0 Å². The lowest BCUT2D eigenvalue weighted by atomic mass is 10.00. The Morgan fingerprint density at radius 3 is 2.71 bits per heavy atom. The molecule has 1 aromatic rings. The molecule has 1 aliphatic heterocycles. The second kappa shape index (κ2) is 8.67. The van der Waals surface area contributed by atoms with E-state index in [1.807, 2.05) is 7.05 Å². The van der Waals surface area contributed by atoms with Gasteiger partial charge in [0.2, 0.25) is 0 Å². The lowest BCUT2D eigenvalue weighted by molar-refractivity contribution is 0.251. The summed E-state index contributed by atoms with van der Waals surface area (Å²) < 4.78 is 0. The van der Waals surface area contributed by atoms with Crippen LogP contribution in [-0.4, -0.2) is 44.1 Å². The molecule has 21 heavy (non-hydrogen) atoms. The van der Waals surface area contributed by atoms with E-state index in [-0.39, 0.29) is 0 Å². The van der Waals surface area contributed by atoms with E-state index < -0.39 is 0 Å². The molecule has 116 valence electrons. The van der Waals surface area contributed by atoms with Crippen LogP contribution in [0, 0.1) is 0 Å². The highest BCUT2D eigenvalue weighted by Crippen LogP contribution is 2.18. The molecule has 0 fully saturated rings. The molecule has 4 heteroatoms. The molecular formula is C17H28N4. The molecule has 2 rings (SSSR count). The summed E-state index contributed by atoms with van der Waals surface area (Å²) in [7, 11) is 1.83. The molecule has 1 heterocycles. The fraction of sp³-hybridized carbons (Fsp3) is 0.588. The highest BCUT2D eigenvalue weighted by Gasteiger charge is 2.14. The predicted octanol–water partition coefficient (Wildman–Crippen LogP) is 2.01. The highest BCUT2D eigenvalue weighted by molar-refractivity contribution is 5.79. The van der Waals surface area contributed by atoms with Crippen LogP contribution in [0.1, 0.15) is 30.9 Å². The number of hydrogen-bond acceptors (Lipinski definition) is 2. The van der Waals surface area contributed by atoms with E-state index in [1.54, 1.807) is 0 Å².